The largest absolute Gasteiger partial charge is 0.358 e. The second kappa shape index (κ2) is 10.8. The van der Waals surface area contributed by atoms with Gasteiger partial charge in [-0.05, 0) is 52.4 Å². The highest BCUT2D eigenvalue weighted by atomic mass is 79.9. The van der Waals surface area contributed by atoms with Crippen LogP contribution in [0.15, 0.2) is 0 Å². The first-order valence-corrected chi connectivity index (χ1v) is 13.2. The third kappa shape index (κ3) is 5.53. The monoisotopic (exact) mass is 531 g/mol. The van der Waals surface area contributed by atoms with E-state index in [2.05, 4.69) is 56.7 Å². The molecule has 0 spiro atoms. The summed E-state index contributed by atoms with van der Waals surface area (Å²) in [6.45, 7) is 4.41. The minimum Gasteiger partial charge on any atom is -0.358 e. The van der Waals surface area contributed by atoms with Crippen LogP contribution in [0.5, 0.6) is 0 Å². The van der Waals surface area contributed by atoms with E-state index < -0.39 is 13.0 Å². The van der Waals surface area contributed by atoms with Gasteiger partial charge in [-0.15, -0.1) is 0 Å². The highest BCUT2D eigenvalue weighted by Gasteiger charge is 2.47. The van der Waals surface area contributed by atoms with Gasteiger partial charge in [-0.3, -0.25) is 20.3 Å². The van der Waals surface area contributed by atoms with Gasteiger partial charge in [0, 0.05) is 41.5 Å². The van der Waals surface area contributed by atoms with Crippen LogP contribution in [0.25, 0.3) is 0 Å². The van der Waals surface area contributed by atoms with E-state index in [4.69, 9.17) is 4.74 Å². The van der Waals surface area contributed by atoms with E-state index in [1.807, 2.05) is 0 Å². The van der Waals surface area contributed by atoms with Gasteiger partial charge in [0.25, 0.3) is 6.43 Å². The van der Waals surface area contributed by atoms with E-state index in [1.54, 1.807) is 0 Å². The summed E-state index contributed by atoms with van der Waals surface area (Å²) >= 11 is 3.86. The Morgan fingerprint density at radius 1 is 1.27 bits per heavy atom. The van der Waals surface area contributed by atoms with Crippen molar-refractivity contribution < 1.29 is 18.3 Å². The summed E-state index contributed by atoms with van der Waals surface area (Å²) in [5.74, 6) is -0.134. The maximum absolute atomic E-state index is 12.5. The van der Waals surface area contributed by atoms with Crippen molar-refractivity contribution in [3.05, 3.63) is 0 Å². The average Bonchev–Trinajstić information content (AvgIpc) is 3.35. The molecular weight excluding hydrogens is 496 g/mol. The van der Waals surface area contributed by atoms with Crippen LogP contribution in [0.1, 0.15) is 52.4 Å². The lowest BCUT2D eigenvalue weighted by atomic mass is 9.87. The summed E-state index contributed by atoms with van der Waals surface area (Å²) in [5, 5.41) is 18.9. The summed E-state index contributed by atoms with van der Waals surface area (Å²) in [4.78, 5) is 15.1. The molecule has 8 unspecified atom stereocenters. The number of hydrogen-bond donors (Lipinski definition) is 3. The molecule has 4 aliphatic rings. The van der Waals surface area contributed by atoms with Gasteiger partial charge in [-0.1, -0.05) is 15.9 Å². The fourth-order valence-corrected chi connectivity index (χ4v) is 7.45. The quantitative estimate of drug-likeness (QED) is 0.456. The van der Waals surface area contributed by atoms with Crippen LogP contribution in [-0.2, 0) is 9.53 Å². The Bertz CT molecular complexity index is 732. The molecule has 4 rings (SSSR count). The second-order valence-electron chi connectivity index (χ2n) is 10.2. The smallest absolute Gasteiger partial charge is 0.255 e. The number of rotatable bonds is 6. The topological polar surface area (TPSA) is 89.4 Å². The molecule has 0 radical (unpaired) electrons. The number of piperidine rings is 1. The predicted molar refractivity (Wildman–Crippen MR) is 124 cm³/mol. The van der Waals surface area contributed by atoms with Gasteiger partial charge in [-0.25, -0.2) is 8.78 Å². The van der Waals surface area contributed by atoms with Crippen molar-refractivity contribution in [3.63, 3.8) is 0 Å². The average molecular weight is 532 g/mol. The predicted octanol–water partition coefficient (Wildman–Crippen LogP) is 2.36. The number of alkyl halides is 3. The molecule has 0 bridgehead atoms. The van der Waals surface area contributed by atoms with E-state index in [9.17, 15) is 18.8 Å². The Balaban J connectivity index is 1.26. The summed E-state index contributed by atoms with van der Waals surface area (Å²) in [6, 6.07) is 3.42. The van der Waals surface area contributed by atoms with Crippen LogP contribution in [0.4, 0.5) is 8.78 Å². The van der Waals surface area contributed by atoms with Gasteiger partial charge >= 0.3 is 0 Å². The molecule has 3 saturated heterocycles. The van der Waals surface area contributed by atoms with Crippen LogP contribution >= 0.6 is 15.9 Å². The highest BCUT2D eigenvalue weighted by molar-refractivity contribution is 9.09. The lowest BCUT2D eigenvalue weighted by molar-refractivity contribution is -0.126. The maximum Gasteiger partial charge on any atom is 0.255 e. The number of nitriles is 1. The van der Waals surface area contributed by atoms with Gasteiger partial charge in [0.15, 0.2) is 0 Å². The Labute approximate surface area is 203 Å². The molecule has 3 aliphatic heterocycles. The van der Waals surface area contributed by atoms with Crippen LogP contribution < -0.4 is 16.0 Å². The number of halogens is 3. The normalized spacial score (nSPS) is 43.9. The zero-order valence-electron chi connectivity index (χ0n) is 19.4. The SMILES string of the molecule is CC1CC(C(=O)NCC(F)F)C(C)N1C1CCC(NC2NCC3OC(C#N)CC3C2Br)CC1. The first kappa shape index (κ1) is 25.2. The van der Waals surface area contributed by atoms with Crippen molar-refractivity contribution in [2.75, 3.05) is 13.1 Å². The maximum atomic E-state index is 12.5. The standard InChI is InChI=1S/C23H36BrF2N5O2/c1-12-7-17(23(32)29-11-20(25)26)13(2)31(12)15-5-3-14(4-6-15)30-22-21(24)18-8-16(9-27)33-19(18)10-28-22/h12-22,28,30H,3-8,10-11H2,1-2H3,(H,29,32). The van der Waals surface area contributed by atoms with Gasteiger partial charge in [0.05, 0.1) is 30.8 Å². The summed E-state index contributed by atoms with van der Waals surface area (Å²) in [6.07, 6.45) is 3.17. The van der Waals surface area contributed by atoms with Crippen molar-refractivity contribution >= 4 is 21.8 Å². The Kier molecular flexibility index (Phi) is 8.27. The Morgan fingerprint density at radius 2 is 2.00 bits per heavy atom. The van der Waals surface area contributed by atoms with Crippen molar-refractivity contribution in [2.45, 2.75) is 106 Å². The number of amides is 1. The van der Waals surface area contributed by atoms with Gasteiger partial charge in [0.1, 0.15) is 6.10 Å². The van der Waals surface area contributed by atoms with Crippen molar-refractivity contribution in [2.24, 2.45) is 11.8 Å². The number of nitrogens with one attached hydrogen (secondary N) is 3. The van der Waals surface area contributed by atoms with E-state index in [-0.39, 0.29) is 47.1 Å². The van der Waals surface area contributed by atoms with Gasteiger partial charge in [0.2, 0.25) is 5.91 Å². The highest BCUT2D eigenvalue weighted by Crippen LogP contribution is 2.38. The minimum atomic E-state index is -2.51. The molecule has 0 aromatic heterocycles. The molecular formula is C23H36BrF2N5O2. The molecule has 8 atom stereocenters. The van der Waals surface area contributed by atoms with Crippen LogP contribution in [0.2, 0.25) is 0 Å². The van der Waals surface area contributed by atoms with Gasteiger partial charge < -0.3 is 10.1 Å². The summed E-state index contributed by atoms with van der Waals surface area (Å²) in [7, 11) is 0. The summed E-state index contributed by atoms with van der Waals surface area (Å²) in [5.41, 5.74) is 0. The van der Waals surface area contributed by atoms with E-state index in [0.717, 1.165) is 45.1 Å². The van der Waals surface area contributed by atoms with E-state index in [1.165, 1.54) is 0 Å². The molecule has 3 N–H and O–H groups in total. The number of carbonyl (C=O) groups is 1. The van der Waals surface area contributed by atoms with Crippen LogP contribution in [0.3, 0.4) is 0 Å². The Hall–Kier alpha value is -0.860. The second-order valence-corrected chi connectivity index (χ2v) is 11.3. The molecule has 1 amide bonds. The van der Waals surface area contributed by atoms with E-state index in [0.29, 0.717) is 18.0 Å². The molecule has 7 nitrogen and oxygen atoms in total. The van der Waals surface area contributed by atoms with Gasteiger partial charge in [-0.2, -0.15) is 5.26 Å². The zero-order chi connectivity index (χ0) is 23.7. The molecule has 0 aromatic rings. The Morgan fingerprint density at radius 3 is 2.67 bits per heavy atom. The molecule has 10 heteroatoms. The molecule has 186 valence electrons. The fourth-order valence-electron chi connectivity index (χ4n) is 6.56. The number of fused-ring (bicyclic) bond motifs is 1. The lowest BCUT2D eigenvalue weighted by Gasteiger charge is -2.43. The number of likely N-dealkylation sites (tertiary alicyclic amines) is 1. The third-order valence-electron chi connectivity index (χ3n) is 8.17. The lowest BCUT2D eigenvalue weighted by Crippen LogP contribution is -2.61. The molecule has 4 fully saturated rings. The van der Waals surface area contributed by atoms with Crippen molar-refractivity contribution in [1.29, 1.82) is 5.26 Å². The molecule has 1 aliphatic carbocycles. The molecule has 1 saturated carbocycles. The number of nitrogens with zero attached hydrogens (tertiary/aromatic N) is 2. The first-order chi connectivity index (χ1) is 15.8. The molecule has 0 aromatic carbocycles. The first-order valence-electron chi connectivity index (χ1n) is 12.3. The van der Waals surface area contributed by atoms with Crippen molar-refractivity contribution in [1.82, 2.24) is 20.9 Å². The zero-order valence-corrected chi connectivity index (χ0v) is 20.9. The van der Waals surface area contributed by atoms with Crippen LogP contribution in [-0.4, -0.2) is 77.7 Å². The van der Waals surface area contributed by atoms with Crippen molar-refractivity contribution in [3.8, 4) is 6.07 Å². The number of ether oxygens (including phenoxy) is 1. The van der Waals surface area contributed by atoms with E-state index >= 15 is 0 Å². The fraction of sp³-hybridized carbons (Fsp3) is 0.913. The summed E-state index contributed by atoms with van der Waals surface area (Å²) < 4.78 is 30.8. The third-order valence-corrected chi connectivity index (χ3v) is 9.38. The van der Waals surface area contributed by atoms with Crippen LogP contribution in [0, 0.1) is 23.2 Å². The number of carbonyl (C=O) groups excluding carboxylic acids is 1. The number of hydrogen-bond acceptors (Lipinski definition) is 6. The molecule has 3 heterocycles. The molecule has 33 heavy (non-hydrogen) atoms. The minimum absolute atomic E-state index is 0.0616.